The monoisotopic (exact) mass is 328 g/mol. The SMILES string of the molecule is Cc1ccc(C(N)=S)cc1S(=O)(=O)NC1(C)CCOC1C. The minimum Gasteiger partial charge on any atom is -0.389 e. The fourth-order valence-corrected chi connectivity index (χ4v) is 4.27. The molecule has 0 spiro atoms. The van der Waals surface area contributed by atoms with Crippen molar-refractivity contribution >= 4 is 27.2 Å². The summed E-state index contributed by atoms with van der Waals surface area (Å²) < 4.78 is 33.6. The van der Waals surface area contributed by atoms with Crippen LogP contribution in [0.25, 0.3) is 0 Å². The van der Waals surface area contributed by atoms with Crippen LogP contribution in [0.3, 0.4) is 0 Å². The summed E-state index contributed by atoms with van der Waals surface area (Å²) in [5, 5.41) is 0. The van der Waals surface area contributed by atoms with E-state index in [0.717, 1.165) is 0 Å². The zero-order valence-electron chi connectivity index (χ0n) is 12.3. The minimum absolute atomic E-state index is 0.175. The smallest absolute Gasteiger partial charge is 0.241 e. The molecule has 1 aliphatic rings. The number of rotatable bonds is 4. The number of sulfonamides is 1. The van der Waals surface area contributed by atoms with E-state index >= 15 is 0 Å². The standard InChI is InChI=1S/C14H20N2O3S2/c1-9-4-5-11(13(15)20)8-12(9)21(17,18)16-14(3)6-7-19-10(14)2/h4-5,8,10,16H,6-7H2,1-3H3,(H2,15,20). The molecule has 2 atom stereocenters. The van der Waals surface area contributed by atoms with E-state index in [0.29, 0.717) is 24.2 Å². The highest BCUT2D eigenvalue weighted by Crippen LogP contribution is 2.28. The van der Waals surface area contributed by atoms with Gasteiger partial charge >= 0.3 is 0 Å². The maximum atomic E-state index is 12.7. The van der Waals surface area contributed by atoms with E-state index in [4.69, 9.17) is 22.7 Å². The van der Waals surface area contributed by atoms with E-state index in [9.17, 15) is 8.42 Å². The number of hydrogen-bond acceptors (Lipinski definition) is 4. The van der Waals surface area contributed by atoms with Crippen molar-refractivity contribution < 1.29 is 13.2 Å². The van der Waals surface area contributed by atoms with Crippen LogP contribution < -0.4 is 10.5 Å². The quantitative estimate of drug-likeness (QED) is 0.818. The number of nitrogens with two attached hydrogens (primary N) is 1. The van der Waals surface area contributed by atoms with E-state index in [1.807, 2.05) is 13.8 Å². The van der Waals surface area contributed by atoms with Crippen molar-refractivity contribution in [3.05, 3.63) is 29.3 Å². The van der Waals surface area contributed by atoms with Crippen molar-refractivity contribution in [2.45, 2.75) is 43.7 Å². The van der Waals surface area contributed by atoms with Gasteiger partial charge < -0.3 is 10.5 Å². The molecule has 1 aromatic rings. The van der Waals surface area contributed by atoms with Gasteiger partial charge in [-0.2, -0.15) is 0 Å². The predicted molar refractivity (Wildman–Crippen MR) is 85.8 cm³/mol. The molecule has 116 valence electrons. The van der Waals surface area contributed by atoms with E-state index in [1.165, 1.54) is 6.07 Å². The lowest BCUT2D eigenvalue weighted by Crippen LogP contribution is -2.50. The molecule has 0 bridgehead atoms. The summed E-state index contributed by atoms with van der Waals surface area (Å²) in [5.41, 5.74) is 6.17. The highest BCUT2D eigenvalue weighted by atomic mass is 32.2. The molecular weight excluding hydrogens is 308 g/mol. The molecule has 0 aliphatic carbocycles. The van der Waals surface area contributed by atoms with Crippen LogP contribution in [-0.4, -0.2) is 31.7 Å². The molecule has 2 unspecified atom stereocenters. The van der Waals surface area contributed by atoms with Gasteiger partial charge in [0.1, 0.15) is 4.99 Å². The zero-order chi connectivity index (χ0) is 15.8. The molecule has 0 saturated carbocycles. The average Bonchev–Trinajstić information content (AvgIpc) is 2.68. The lowest BCUT2D eigenvalue weighted by molar-refractivity contribution is 0.0957. The van der Waals surface area contributed by atoms with Gasteiger partial charge in [0.2, 0.25) is 10.0 Å². The van der Waals surface area contributed by atoms with E-state index < -0.39 is 15.6 Å². The number of benzene rings is 1. The minimum atomic E-state index is -3.67. The summed E-state index contributed by atoms with van der Waals surface area (Å²) in [6, 6.07) is 4.95. The third-order valence-electron chi connectivity index (χ3n) is 4.02. The molecule has 0 aromatic heterocycles. The Morgan fingerprint density at radius 3 is 2.71 bits per heavy atom. The van der Waals surface area contributed by atoms with Gasteiger partial charge in [-0.1, -0.05) is 24.4 Å². The summed E-state index contributed by atoms with van der Waals surface area (Å²) in [6.45, 7) is 6.02. The van der Waals surface area contributed by atoms with Gasteiger partial charge in [0.15, 0.2) is 0 Å². The van der Waals surface area contributed by atoms with Gasteiger partial charge in [-0.25, -0.2) is 13.1 Å². The zero-order valence-corrected chi connectivity index (χ0v) is 14.0. The van der Waals surface area contributed by atoms with Crippen LogP contribution >= 0.6 is 12.2 Å². The van der Waals surface area contributed by atoms with Crippen LogP contribution in [0.1, 0.15) is 31.4 Å². The summed E-state index contributed by atoms with van der Waals surface area (Å²) in [7, 11) is -3.67. The fraction of sp³-hybridized carbons (Fsp3) is 0.500. The normalized spacial score (nSPS) is 26.0. The molecule has 1 saturated heterocycles. The molecule has 5 nitrogen and oxygen atoms in total. The van der Waals surface area contributed by atoms with Gasteiger partial charge in [0.05, 0.1) is 16.5 Å². The van der Waals surface area contributed by atoms with Crippen LogP contribution in [0.4, 0.5) is 0 Å². The molecular formula is C14H20N2O3S2. The second-order valence-electron chi connectivity index (χ2n) is 5.63. The van der Waals surface area contributed by atoms with Crippen LogP contribution in [0, 0.1) is 6.92 Å². The van der Waals surface area contributed by atoms with Gasteiger partial charge in [-0.3, -0.25) is 0 Å². The largest absolute Gasteiger partial charge is 0.389 e. The van der Waals surface area contributed by atoms with Crippen LogP contribution in [0.5, 0.6) is 0 Å². The maximum absolute atomic E-state index is 12.7. The van der Waals surface area contributed by atoms with Crippen LogP contribution in [0.2, 0.25) is 0 Å². The van der Waals surface area contributed by atoms with Crippen molar-refractivity contribution in [1.82, 2.24) is 4.72 Å². The fourth-order valence-electron chi connectivity index (χ4n) is 2.37. The van der Waals surface area contributed by atoms with Gasteiger partial charge in [0.25, 0.3) is 0 Å². The third kappa shape index (κ3) is 3.26. The van der Waals surface area contributed by atoms with Crippen LogP contribution in [-0.2, 0) is 14.8 Å². The van der Waals surface area contributed by atoms with Gasteiger partial charge in [-0.05, 0) is 38.8 Å². The first-order valence-corrected chi connectivity index (χ1v) is 8.61. The Hall–Kier alpha value is -1.02. The van der Waals surface area contributed by atoms with Crippen molar-refractivity contribution in [3.63, 3.8) is 0 Å². The second kappa shape index (κ2) is 5.64. The summed E-state index contributed by atoms with van der Waals surface area (Å²) in [4.78, 5) is 0.378. The average molecular weight is 328 g/mol. The Bertz CT molecular complexity index is 673. The first-order valence-electron chi connectivity index (χ1n) is 6.72. The highest BCUT2D eigenvalue weighted by Gasteiger charge is 2.40. The molecule has 1 aromatic carbocycles. The Balaban J connectivity index is 2.40. The van der Waals surface area contributed by atoms with E-state index in [1.54, 1.807) is 19.1 Å². The molecule has 3 N–H and O–H groups in total. The summed E-state index contributed by atoms with van der Waals surface area (Å²) in [6.07, 6.45) is 0.466. The molecule has 1 fully saturated rings. The molecule has 0 amide bonds. The summed E-state index contributed by atoms with van der Waals surface area (Å²) >= 11 is 4.91. The molecule has 2 rings (SSSR count). The van der Waals surface area contributed by atoms with Crippen molar-refractivity contribution in [1.29, 1.82) is 0 Å². The number of hydrogen-bond donors (Lipinski definition) is 2. The molecule has 1 heterocycles. The van der Waals surface area contributed by atoms with Gasteiger partial charge in [-0.15, -0.1) is 0 Å². The topological polar surface area (TPSA) is 81.4 Å². The molecule has 0 radical (unpaired) electrons. The van der Waals surface area contributed by atoms with Crippen molar-refractivity contribution in [3.8, 4) is 0 Å². The first-order chi connectivity index (χ1) is 9.66. The lowest BCUT2D eigenvalue weighted by Gasteiger charge is -2.28. The van der Waals surface area contributed by atoms with Crippen LogP contribution in [0.15, 0.2) is 23.1 Å². The molecule has 7 heteroatoms. The lowest BCUT2D eigenvalue weighted by atomic mass is 9.97. The highest BCUT2D eigenvalue weighted by molar-refractivity contribution is 7.89. The van der Waals surface area contributed by atoms with Crippen molar-refractivity contribution in [2.75, 3.05) is 6.61 Å². The number of nitrogens with one attached hydrogen (secondary N) is 1. The van der Waals surface area contributed by atoms with E-state index in [2.05, 4.69) is 4.72 Å². The van der Waals surface area contributed by atoms with Crippen molar-refractivity contribution in [2.24, 2.45) is 5.73 Å². The Kier molecular flexibility index (Phi) is 4.39. The Labute approximate surface area is 130 Å². The molecule has 1 aliphatic heterocycles. The van der Waals surface area contributed by atoms with Gasteiger partial charge in [0, 0.05) is 12.2 Å². The number of ether oxygens (including phenoxy) is 1. The predicted octanol–water partition coefficient (Wildman–Crippen LogP) is 1.48. The third-order valence-corrected chi connectivity index (χ3v) is 6.01. The number of aryl methyl sites for hydroxylation is 1. The maximum Gasteiger partial charge on any atom is 0.241 e. The number of thiocarbonyl (C=S) groups is 1. The second-order valence-corrected chi connectivity index (χ2v) is 7.72. The Morgan fingerprint density at radius 1 is 1.52 bits per heavy atom. The molecule has 21 heavy (non-hydrogen) atoms. The summed E-state index contributed by atoms with van der Waals surface area (Å²) in [5.74, 6) is 0. The Morgan fingerprint density at radius 2 is 2.19 bits per heavy atom. The van der Waals surface area contributed by atoms with E-state index in [-0.39, 0.29) is 16.0 Å². The first kappa shape index (κ1) is 16.4.